The van der Waals surface area contributed by atoms with E-state index in [2.05, 4.69) is 4.83 Å². The zero-order valence-electron chi connectivity index (χ0n) is 19.2. The number of urea groups is 1. The molecule has 2 aliphatic heterocycles. The molecular weight excluding hydrogens is 460 g/mol. The molecule has 34 heavy (non-hydrogen) atoms. The van der Waals surface area contributed by atoms with Crippen LogP contribution in [0, 0.1) is 5.92 Å². The van der Waals surface area contributed by atoms with Crippen molar-refractivity contribution < 1.29 is 27.5 Å². The van der Waals surface area contributed by atoms with Crippen LogP contribution in [0.4, 0.5) is 9.59 Å². The fourth-order valence-corrected chi connectivity index (χ4v) is 5.37. The predicted molar refractivity (Wildman–Crippen MR) is 125 cm³/mol. The number of ether oxygens (including phenoxy) is 2. The number of piperidine rings is 1. The first-order chi connectivity index (χ1) is 16.4. The van der Waals surface area contributed by atoms with Crippen LogP contribution in [0.2, 0.25) is 0 Å². The van der Waals surface area contributed by atoms with E-state index < -0.39 is 16.1 Å². The van der Waals surface area contributed by atoms with Crippen LogP contribution in [0.5, 0.6) is 0 Å². The van der Waals surface area contributed by atoms with Gasteiger partial charge in [0, 0.05) is 32.7 Å². The Morgan fingerprint density at radius 1 is 1.03 bits per heavy atom. The molecule has 184 valence electrons. The normalized spacial score (nSPS) is 17.6. The van der Waals surface area contributed by atoms with Crippen molar-refractivity contribution in [2.45, 2.75) is 17.7 Å². The van der Waals surface area contributed by atoms with Crippen molar-refractivity contribution in [2.75, 3.05) is 53.0 Å². The second-order valence-electron chi connectivity index (χ2n) is 8.50. The Labute approximate surface area is 199 Å². The molecule has 0 spiro atoms. The van der Waals surface area contributed by atoms with E-state index >= 15 is 0 Å². The molecule has 0 atom stereocenters. The molecule has 2 fully saturated rings. The van der Waals surface area contributed by atoms with Crippen molar-refractivity contribution in [1.82, 2.24) is 19.6 Å². The molecule has 11 heteroatoms. The van der Waals surface area contributed by atoms with Crippen LogP contribution in [-0.2, 0) is 19.5 Å². The molecule has 0 radical (unpaired) electrons. The number of nitrogens with one attached hydrogen (secondary N) is 1. The first-order valence-electron chi connectivity index (χ1n) is 11.4. The molecule has 0 aliphatic carbocycles. The van der Waals surface area contributed by atoms with E-state index in [0.717, 1.165) is 10.8 Å². The van der Waals surface area contributed by atoms with E-state index in [-0.39, 0.29) is 23.5 Å². The first kappa shape index (κ1) is 24.2. The zero-order chi connectivity index (χ0) is 24.1. The third-order valence-corrected chi connectivity index (χ3v) is 7.60. The van der Waals surface area contributed by atoms with E-state index in [9.17, 15) is 18.0 Å². The van der Waals surface area contributed by atoms with Gasteiger partial charge in [-0.25, -0.2) is 23.0 Å². The maximum atomic E-state index is 13.3. The summed E-state index contributed by atoms with van der Waals surface area (Å²) in [7, 11) is -2.65. The summed E-state index contributed by atoms with van der Waals surface area (Å²) in [5.41, 5.74) is 0. The Morgan fingerprint density at radius 2 is 1.71 bits per heavy atom. The third-order valence-electron chi connectivity index (χ3n) is 6.26. The monoisotopic (exact) mass is 490 g/mol. The molecule has 4 rings (SSSR count). The van der Waals surface area contributed by atoms with Gasteiger partial charge in [-0.15, -0.1) is 4.83 Å². The van der Waals surface area contributed by atoms with Crippen LogP contribution in [-0.4, -0.2) is 88.4 Å². The number of likely N-dealkylation sites (tertiary alicyclic amines) is 1. The van der Waals surface area contributed by atoms with Crippen molar-refractivity contribution in [1.29, 1.82) is 0 Å². The van der Waals surface area contributed by atoms with Gasteiger partial charge in [-0.05, 0) is 41.7 Å². The molecule has 0 bridgehead atoms. The number of rotatable bonds is 5. The number of fused-ring (bicyclic) bond motifs is 1. The molecule has 1 N–H and O–H groups in total. The quantitative estimate of drug-likeness (QED) is 0.644. The van der Waals surface area contributed by atoms with E-state index in [1.54, 1.807) is 21.9 Å². The van der Waals surface area contributed by atoms with Crippen molar-refractivity contribution in [3.63, 3.8) is 0 Å². The van der Waals surface area contributed by atoms with E-state index in [1.165, 1.54) is 18.2 Å². The molecule has 2 aromatic carbocycles. The highest BCUT2D eigenvalue weighted by Crippen LogP contribution is 2.22. The molecule has 2 aliphatic rings. The summed E-state index contributed by atoms with van der Waals surface area (Å²) in [5.74, 6) is 0.0326. The number of methoxy groups -OCH3 is 1. The van der Waals surface area contributed by atoms with Gasteiger partial charge in [0.25, 0.3) is 10.0 Å². The second-order valence-corrected chi connectivity index (χ2v) is 10.2. The van der Waals surface area contributed by atoms with Crippen molar-refractivity contribution >= 4 is 32.9 Å². The zero-order valence-corrected chi connectivity index (χ0v) is 20.0. The number of hydrogen-bond acceptors (Lipinski definition) is 6. The Balaban J connectivity index is 1.52. The fourth-order valence-electron chi connectivity index (χ4n) is 4.30. The number of nitrogens with zero attached hydrogens (tertiary/aromatic N) is 3. The van der Waals surface area contributed by atoms with Crippen LogP contribution in [0.1, 0.15) is 12.8 Å². The molecular formula is C23H30N4O6S. The van der Waals surface area contributed by atoms with Gasteiger partial charge < -0.3 is 19.3 Å². The van der Waals surface area contributed by atoms with Crippen LogP contribution >= 0.6 is 0 Å². The molecule has 0 saturated carbocycles. The molecule has 0 unspecified atom stereocenters. The largest absolute Gasteiger partial charge is 0.453 e. The topological polar surface area (TPSA) is 108 Å². The van der Waals surface area contributed by atoms with Crippen LogP contribution in [0.25, 0.3) is 10.8 Å². The van der Waals surface area contributed by atoms with E-state index in [4.69, 9.17) is 9.47 Å². The maximum absolute atomic E-state index is 13.3. The summed E-state index contributed by atoms with van der Waals surface area (Å²) in [6, 6.07) is 12.0. The molecule has 2 saturated heterocycles. The van der Waals surface area contributed by atoms with Crippen molar-refractivity contribution in [3.8, 4) is 0 Å². The summed E-state index contributed by atoms with van der Waals surface area (Å²) >= 11 is 0. The smallest absolute Gasteiger partial charge is 0.409 e. The number of carbonyl (C=O) groups excluding carboxylic acids is 2. The minimum absolute atomic E-state index is 0.0326. The number of sulfonamides is 1. The van der Waals surface area contributed by atoms with Gasteiger partial charge in [-0.3, -0.25) is 0 Å². The Bertz CT molecular complexity index is 1130. The number of hydrogen-bond donors (Lipinski definition) is 1. The fraction of sp³-hybridized carbons (Fsp3) is 0.478. The van der Waals surface area contributed by atoms with E-state index in [1.807, 2.05) is 24.3 Å². The highest BCUT2D eigenvalue weighted by molar-refractivity contribution is 7.89. The second kappa shape index (κ2) is 10.6. The van der Waals surface area contributed by atoms with Gasteiger partial charge in [0.1, 0.15) is 0 Å². The minimum Gasteiger partial charge on any atom is -0.453 e. The Hall–Kier alpha value is -2.89. The number of morpholine rings is 1. The Morgan fingerprint density at radius 3 is 2.38 bits per heavy atom. The lowest BCUT2D eigenvalue weighted by Crippen LogP contribution is -2.56. The third kappa shape index (κ3) is 5.60. The summed E-state index contributed by atoms with van der Waals surface area (Å²) < 4.78 is 36.7. The SMILES string of the molecule is COC(=O)N1CCC(CN(NS(=O)(=O)c2ccc3ccccc3c2)C(=O)N2CCOCC2)CC1. The minimum atomic E-state index is -4.00. The van der Waals surface area contributed by atoms with E-state index in [0.29, 0.717) is 52.2 Å². The lowest BCUT2D eigenvalue weighted by atomic mass is 9.97. The summed E-state index contributed by atoms with van der Waals surface area (Å²) in [6.45, 7) is 2.81. The summed E-state index contributed by atoms with van der Waals surface area (Å²) in [4.78, 5) is 30.9. The maximum Gasteiger partial charge on any atom is 0.409 e. The van der Waals surface area contributed by atoms with Gasteiger partial charge in [0.15, 0.2) is 0 Å². The van der Waals surface area contributed by atoms with Crippen molar-refractivity contribution in [2.24, 2.45) is 5.92 Å². The van der Waals surface area contributed by atoms with Crippen LogP contribution < -0.4 is 4.83 Å². The molecule has 2 aromatic rings. The average molecular weight is 491 g/mol. The molecule has 2 heterocycles. The van der Waals surface area contributed by atoms with Gasteiger partial charge in [0.2, 0.25) is 0 Å². The standard InChI is InChI=1S/C23H30N4O6S/c1-32-23(29)26-10-8-18(9-11-26)17-27(22(28)25-12-14-33-15-13-25)24-34(30,31)21-7-6-19-4-2-3-5-20(19)16-21/h2-7,16,18,24H,8-15,17H2,1H3. The van der Waals surface area contributed by atoms with Crippen LogP contribution in [0.3, 0.4) is 0 Å². The number of benzene rings is 2. The Kier molecular flexibility index (Phi) is 7.54. The number of carbonyl (C=O) groups is 2. The average Bonchev–Trinajstić information content (AvgIpc) is 2.88. The molecule has 10 nitrogen and oxygen atoms in total. The number of hydrazine groups is 1. The van der Waals surface area contributed by atoms with Gasteiger partial charge >= 0.3 is 12.1 Å². The lowest BCUT2D eigenvalue weighted by molar-refractivity contribution is 0.0376. The van der Waals surface area contributed by atoms with Crippen LogP contribution in [0.15, 0.2) is 47.4 Å². The summed E-state index contributed by atoms with van der Waals surface area (Å²) in [6.07, 6.45) is 0.899. The predicted octanol–water partition coefficient (Wildman–Crippen LogP) is 2.27. The molecule has 3 amide bonds. The molecule has 0 aromatic heterocycles. The van der Waals surface area contributed by atoms with Gasteiger partial charge in [-0.1, -0.05) is 30.3 Å². The van der Waals surface area contributed by atoms with Crippen molar-refractivity contribution in [3.05, 3.63) is 42.5 Å². The highest BCUT2D eigenvalue weighted by atomic mass is 32.2. The summed E-state index contributed by atoms with van der Waals surface area (Å²) in [5, 5.41) is 2.93. The first-order valence-corrected chi connectivity index (χ1v) is 12.8. The number of amides is 3. The highest BCUT2D eigenvalue weighted by Gasteiger charge is 2.31. The van der Waals surface area contributed by atoms with Gasteiger partial charge in [0.05, 0.1) is 25.2 Å². The van der Waals surface area contributed by atoms with Gasteiger partial charge in [-0.2, -0.15) is 0 Å². The lowest BCUT2D eigenvalue weighted by Gasteiger charge is -2.37.